The standard InChI is InChI=1S/C20H14N2OS/c23-20(15-8-11-18-19(12-15)22-13-21-18)14-6-9-17(10-7-14)24-16-4-2-1-3-5-16/h1-13H,(H,21,22). The van der Waals surface area contributed by atoms with Gasteiger partial charge in [-0.1, -0.05) is 30.0 Å². The molecule has 1 heterocycles. The van der Waals surface area contributed by atoms with Crippen molar-refractivity contribution in [2.24, 2.45) is 0 Å². The number of carbonyl (C=O) groups excluding carboxylic acids is 1. The van der Waals surface area contributed by atoms with Gasteiger partial charge in [-0.15, -0.1) is 0 Å². The predicted octanol–water partition coefficient (Wildman–Crippen LogP) is 4.95. The van der Waals surface area contributed by atoms with Crippen molar-refractivity contribution >= 4 is 28.6 Å². The average Bonchev–Trinajstić information content (AvgIpc) is 3.10. The normalized spacial score (nSPS) is 10.8. The zero-order chi connectivity index (χ0) is 16.4. The Hall–Kier alpha value is -2.85. The van der Waals surface area contributed by atoms with Gasteiger partial charge in [-0.05, 0) is 54.6 Å². The van der Waals surface area contributed by atoms with Gasteiger partial charge < -0.3 is 4.98 Å². The highest BCUT2D eigenvalue weighted by molar-refractivity contribution is 7.99. The molecule has 0 amide bonds. The number of imidazole rings is 1. The van der Waals surface area contributed by atoms with Crippen LogP contribution in [0.5, 0.6) is 0 Å². The first-order valence-electron chi connectivity index (χ1n) is 7.60. The molecule has 116 valence electrons. The van der Waals surface area contributed by atoms with Gasteiger partial charge >= 0.3 is 0 Å². The number of nitrogens with one attached hydrogen (secondary N) is 1. The highest BCUT2D eigenvalue weighted by Crippen LogP contribution is 2.27. The summed E-state index contributed by atoms with van der Waals surface area (Å²) >= 11 is 1.68. The maximum absolute atomic E-state index is 12.6. The molecule has 24 heavy (non-hydrogen) atoms. The van der Waals surface area contributed by atoms with E-state index in [1.807, 2.05) is 60.7 Å². The Labute approximate surface area is 143 Å². The molecule has 0 saturated carbocycles. The van der Waals surface area contributed by atoms with Crippen molar-refractivity contribution < 1.29 is 4.79 Å². The molecule has 0 radical (unpaired) electrons. The van der Waals surface area contributed by atoms with Crippen molar-refractivity contribution in [1.29, 1.82) is 0 Å². The first-order chi connectivity index (χ1) is 11.8. The van der Waals surface area contributed by atoms with Crippen LogP contribution in [-0.2, 0) is 0 Å². The molecule has 0 aliphatic carbocycles. The molecular formula is C20H14N2OS. The molecule has 4 rings (SSSR count). The van der Waals surface area contributed by atoms with Crippen molar-refractivity contribution in [2.75, 3.05) is 0 Å². The maximum atomic E-state index is 12.6. The molecule has 0 saturated heterocycles. The smallest absolute Gasteiger partial charge is 0.193 e. The van der Waals surface area contributed by atoms with E-state index in [4.69, 9.17) is 0 Å². The summed E-state index contributed by atoms with van der Waals surface area (Å²) < 4.78 is 0. The van der Waals surface area contributed by atoms with Crippen molar-refractivity contribution in [3.8, 4) is 0 Å². The third-order valence-corrected chi connectivity index (χ3v) is 4.79. The summed E-state index contributed by atoms with van der Waals surface area (Å²) in [5, 5.41) is 0. The van der Waals surface area contributed by atoms with Gasteiger partial charge in [0.05, 0.1) is 17.4 Å². The Morgan fingerprint density at radius 1 is 0.833 bits per heavy atom. The van der Waals surface area contributed by atoms with E-state index < -0.39 is 0 Å². The number of fused-ring (bicyclic) bond motifs is 1. The fraction of sp³-hybridized carbons (Fsp3) is 0. The minimum Gasteiger partial charge on any atom is -0.345 e. The van der Waals surface area contributed by atoms with Crippen LogP contribution in [-0.4, -0.2) is 15.8 Å². The molecule has 3 aromatic carbocycles. The number of ketones is 1. The van der Waals surface area contributed by atoms with Gasteiger partial charge in [0.25, 0.3) is 0 Å². The zero-order valence-corrected chi connectivity index (χ0v) is 13.6. The van der Waals surface area contributed by atoms with Gasteiger partial charge in [0.2, 0.25) is 0 Å². The Kier molecular flexibility index (Phi) is 3.89. The second-order valence-corrected chi connectivity index (χ2v) is 6.55. The van der Waals surface area contributed by atoms with Crippen molar-refractivity contribution in [2.45, 2.75) is 9.79 Å². The molecule has 0 aliphatic heterocycles. The summed E-state index contributed by atoms with van der Waals surface area (Å²) in [6, 6.07) is 23.4. The topological polar surface area (TPSA) is 45.8 Å². The van der Waals surface area contributed by atoms with E-state index >= 15 is 0 Å². The molecule has 3 nitrogen and oxygen atoms in total. The summed E-state index contributed by atoms with van der Waals surface area (Å²) in [6.07, 6.45) is 1.63. The third kappa shape index (κ3) is 2.96. The van der Waals surface area contributed by atoms with E-state index in [2.05, 4.69) is 22.1 Å². The van der Waals surface area contributed by atoms with Gasteiger partial charge in [-0.2, -0.15) is 0 Å². The largest absolute Gasteiger partial charge is 0.345 e. The predicted molar refractivity (Wildman–Crippen MR) is 96.5 cm³/mol. The fourth-order valence-electron chi connectivity index (χ4n) is 2.54. The highest BCUT2D eigenvalue weighted by Gasteiger charge is 2.10. The van der Waals surface area contributed by atoms with Gasteiger partial charge in [0, 0.05) is 20.9 Å². The third-order valence-electron chi connectivity index (χ3n) is 3.78. The zero-order valence-electron chi connectivity index (χ0n) is 12.8. The number of hydrogen-bond donors (Lipinski definition) is 1. The minimum absolute atomic E-state index is 0.0164. The van der Waals surface area contributed by atoms with Gasteiger partial charge in [-0.25, -0.2) is 4.98 Å². The number of hydrogen-bond acceptors (Lipinski definition) is 3. The summed E-state index contributed by atoms with van der Waals surface area (Å²) in [5.41, 5.74) is 3.08. The second-order valence-electron chi connectivity index (χ2n) is 5.40. The average molecular weight is 330 g/mol. The summed E-state index contributed by atoms with van der Waals surface area (Å²) in [7, 11) is 0. The molecule has 0 atom stereocenters. The number of benzene rings is 3. The van der Waals surface area contributed by atoms with Crippen LogP contribution in [0.2, 0.25) is 0 Å². The van der Waals surface area contributed by atoms with E-state index in [-0.39, 0.29) is 5.78 Å². The van der Waals surface area contributed by atoms with Gasteiger partial charge in [0.1, 0.15) is 0 Å². The van der Waals surface area contributed by atoms with Crippen molar-refractivity contribution in [3.05, 3.63) is 90.3 Å². The molecule has 1 aromatic heterocycles. The first kappa shape index (κ1) is 14.7. The molecule has 0 aliphatic rings. The number of nitrogens with zero attached hydrogens (tertiary/aromatic N) is 1. The highest BCUT2D eigenvalue weighted by atomic mass is 32.2. The van der Waals surface area contributed by atoms with Crippen molar-refractivity contribution in [3.63, 3.8) is 0 Å². The SMILES string of the molecule is O=C(c1ccc(Sc2ccccc2)cc1)c1ccc2nc[nH]c2c1. The van der Waals surface area contributed by atoms with Crippen LogP contribution in [0.3, 0.4) is 0 Å². The first-order valence-corrected chi connectivity index (χ1v) is 8.42. The van der Waals surface area contributed by atoms with E-state index in [9.17, 15) is 4.79 Å². The van der Waals surface area contributed by atoms with E-state index in [1.165, 1.54) is 4.90 Å². The molecule has 4 aromatic rings. The van der Waals surface area contributed by atoms with Crippen LogP contribution in [0.1, 0.15) is 15.9 Å². The van der Waals surface area contributed by atoms with Gasteiger partial charge in [-0.3, -0.25) is 4.79 Å². The number of aromatic nitrogens is 2. The van der Waals surface area contributed by atoms with Crippen LogP contribution in [0, 0.1) is 0 Å². The van der Waals surface area contributed by atoms with E-state index in [1.54, 1.807) is 18.1 Å². The Bertz CT molecular complexity index is 991. The lowest BCUT2D eigenvalue weighted by Crippen LogP contribution is -2.00. The maximum Gasteiger partial charge on any atom is 0.193 e. The van der Waals surface area contributed by atoms with E-state index in [0.717, 1.165) is 15.9 Å². The molecule has 0 spiro atoms. The Balaban J connectivity index is 1.56. The Morgan fingerprint density at radius 2 is 1.54 bits per heavy atom. The lowest BCUT2D eigenvalue weighted by atomic mass is 10.0. The Morgan fingerprint density at radius 3 is 2.33 bits per heavy atom. The van der Waals surface area contributed by atoms with E-state index in [0.29, 0.717) is 11.1 Å². The van der Waals surface area contributed by atoms with Crippen LogP contribution >= 0.6 is 11.8 Å². The second kappa shape index (κ2) is 6.34. The lowest BCUT2D eigenvalue weighted by molar-refractivity contribution is 0.103. The van der Waals surface area contributed by atoms with Gasteiger partial charge in [0.15, 0.2) is 5.78 Å². The monoisotopic (exact) mass is 330 g/mol. The molecular weight excluding hydrogens is 316 g/mol. The van der Waals surface area contributed by atoms with Crippen LogP contribution in [0.25, 0.3) is 11.0 Å². The molecule has 0 fully saturated rings. The summed E-state index contributed by atoms with van der Waals surface area (Å²) in [4.78, 5) is 22.1. The number of carbonyl (C=O) groups is 1. The van der Waals surface area contributed by atoms with Crippen LogP contribution < -0.4 is 0 Å². The van der Waals surface area contributed by atoms with Crippen molar-refractivity contribution in [1.82, 2.24) is 9.97 Å². The minimum atomic E-state index is 0.0164. The molecule has 4 heteroatoms. The molecule has 0 bridgehead atoms. The lowest BCUT2D eigenvalue weighted by Gasteiger charge is -2.04. The fourth-order valence-corrected chi connectivity index (χ4v) is 3.38. The number of rotatable bonds is 4. The molecule has 1 N–H and O–H groups in total. The number of H-pyrrole nitrogens is 1. The quantitative estimate of drug-likeness (QED) is 0.539. The molecule has 0 unspecified atom stereocenters. The van der Waals surface area contributed by atoms with Crippen LogP contribution in [0.15, 0.2) is 88.9 Å². The van der Waals surface area contributed by atoms with Crippen LogP contribution in [0.4, 0.5) is 0 Å². The summed E-state index contributed by atoms with van der Waals surface area (Å²) in [5.74, 6) is 0.0164. The number of aromatic amines is 1. The summed E-state index contributed by atoms with van der Waals surface area (Å²) in [6.45, 7) is 0.